The molecule has 348 valence electrons. The van der Waals surface area contributed by atoms with Crippen molar-refractivity contribution in [1.29, 1.82) is 0 Å². The standard InChI is InChI=1S/C22H25N5O.C18H14N4O2.C11H9BrN4O/c1-22(2,3)26-13-15-4-6-16(7-5-15)17-12-19(20(23)25-14-17)21(28)27-18-8-10-24-11-9-18;19-17-16(18(24)22-15-5-7-20-8-6-15)9-14(10-21-17)13-3-1-12(11-23)2-4-13;12-7-5-9(10(13)15-6-7)11(17)16-8-1-3-14-4-2-8/h4-12,14,26H,13H2,1-3H3,(H2,23,25)(H,24,27,28);1-11H,(H2,19,21)(H,20,22,24);1-6H,(H2,13,15)(H,14,16,17). The van der Waals surface area contributed by atoms with Crippen molar-refractivity contribution in [3.05, 3.63) is 191 Å². The number of rotatable bonds is 11. The number of anilines is 6. The lowest BCUT2D eigenvalue weighted by molar-refractivity contribution is 0.101. The molecule has 17 nitrogen and oxygen atoms in total. The first kappa shape index (κ1) is 49.7. The van der Waals surface area contributed by atoms with Gasteiger partial charge < -0.3 is 38.5 Å². The number of pyridine rings is 6. The largest absolute Gasteiger partial charge is 0.383 e. The molecular weight excluding hydrogens is 939 g/mol. The molecule has 0 aliphatic rings. The third kappa shape index (κ3) is 14.9. The van der Waals surface area contributed by atoms with Gasteiger partial charge in [-0.05, 0) is 108 Å². The maximum Gasteiger partial charge on any atom is 0.259 e. The van der Waals surface area contributed by atoms with Gasteiger partial charge in [0.1, 0.15) is 23.7 Å². The number of hydrogen-bond acceptors (Lipinski definition) is 14. The Balaban J connectivity index is 0.000000175. The summed E-state index contributed by atoms with van der Waals surface area (Å²) in [7, 11) is 0. The molecule has 69 heavy (non-hydrogen) atoms. The SMILES string of the molecule is CC(C)(C)NCc1ccc(-c2cnc(N)c(C(=O)Nc3ccncc3)c2)cc1.Nc1ncc(-c2ccc(C=O)cc2)cc1C(=O)Nc1ccncc1.Nc1ncc(Br)cc1C(=O)Nc1ccncc1. The average molecular weight is 987 g/mol. The molecule has 0 radical (unpaired) electrons. The van der Waals surface area contributed by atoms with E-state index in [0.29, 0.717) is 38.2 Å². The van der Waals surface area contributed by atoms with E-state index in [0.717, 1.165) is 35.1 Å². The van der Waals surface area contributed by atoms with Crippen molar-refractivity contribution >= 4 is 74.5 Å². The minimum Gasteiger partial charge on any atom is -0.383 e. The van der Waals surface area contributed by atoms with Gasteiger partial charge in [0.15, 0.2) is 0 Å². The summed E-state index contributed by atoms with van der Waals surface area (Å²) in [5.74, 6) is -0.417. The monoisotopic (exact) mass is 985 g/mol. The molecule has 0 spiro atoms. The van der Waals surface area contributed by atoms with Crippen molar-refractivity contribution in [2.75, 3.05) is 33.2 Å². The van der Waals surface area contributed by atoms with E-state index in [9.17, 15) is 19.2 Å². The molecule has 3 amide bonds. The second-order valence-corrected chi connectivity index (χ2v) is 16.9. The van der Waals surface area contributed by atoms with Crippen LogP contribution < -0.4 is 38.5 Å². The Bertz CT molecular complexity index is 3010. The first-order valence-corrected chi connectivity index (χ1v) is 21.9. The van der Waals surface area contributed by atoms with Crippen molar-refractivity contribution in [2.24, 2.45) is 0 Å². The van der Waals surface area contributed by atoms with Crippen LogP contribution in [-0.4, -0.2) is 59.5 Å². The lowest BCUT2D eigenvalue weighted by Crippen LogP contribution is -2.35. The van der Waals surface area contributed by atoms with E-state index in [2.05, 4.69) is 100 Å². The number of nitrogens with two attached hydrogens (primary N) is 3. The Kier molecular flexibility index (Phi) is 17.0. The predicted octanol–water partition coefficient (Wildman–Crippen LogP) is 8.73. The van der Waals surface area contributed by atoms with Crippen LogP contribution in [0.15, 0.2) is 163 Å². The second kappa shape index (κ2) is 23.6. The van der Waals surface area contributed by atoms with Crippen molar-refractivity contribution in [3.63, 3.8) is 0 Å². The Morgan fingerprint density at radius 2 is 0.884 bits per heavy atom. The van der Waals surface area contributed by atoms with E-state index < -0.39 is 0 Å². The van der Waals surface area contributed by atoms with Crippen LogP contribution in [0, 0.1) is 0 Å². The highest BCUT2D eigenvalue weighted by Crippen LogP contribution is 2.25. The fraction of sp³-hybridized carbons (Fsp3) is 0.0980. The number of nitrogens with zero attached hydrogens (tertiary/aromatic N) is 6. The molecular formula is C51H48BrN13O4. The molecule has 8 rings (SSSR count). The van der Waals surface area contributed by atoms with E-state index in [1.165, 1.54) is 5.56 Å². The number of nitrogens with one attached hydrogen (secondary N) is 4. The third-order valence-electron chi connectivity index (χ3n) is 9.76. The van der Waals surface area contributed by atoms with Gasteiger partial charge in [-0.3, -0.25) is 34.1 Å². The Hall–Kier alpha value is -8.74. The molecule has 0 unspecified atom stereocenters. The van der Waals surface area contributed by atoms with Gasteiger partial charge >= 0.3 is 0 Å². The highest BCUT2D eigenvalue weighted by atomic mass is 79.9. The summed E-state index contributed by atoms with van der Waals surface area (Å²) in [6.07, 6.45) is 15.2. The Morgan fingerprint density at radius 3 is 1.26 bits per heavy atom. The summed E-state index contributed by atoms with van der Waals surface area (Å²) >= 11 is 3.24. The van der Waals surface area contributed by atoms with E-state index in [4.69, 9.17) is 17.2 Å². The van der Waals surface area contributed by atoms with Crippen molar-refractivity contribution in [2.45, 2.75) is 32.9 Å². The topological polar surface area (TPSA) is 272 Å². The van der Waals surface area contributed by atoms with Crippen molar-refractivity contribution < 1.29 is 19.2 Å². The number of hydrogen-bond donors (Lipinski definition) is 7. The summed E-state index contributed by atoms with van der Waals surface area (Å²) < 4.78 is 0.701. The third-order valence-corrected chi connectivity index (χ3v) is 10.2. The summed E-state index contributed by atoms with van der Waals surface area (Å²) in [5.41, 5.74) is 25.5. The molecule has 0 fully saturated rings. The van der Waals surface area contributed by atoms with Gasteiger partial charge in [-0.1, -0.05) is 48.5 Å². The smallest absolute Gasteiger partial charge is 0.259 e. The molecule has 10 N–H and O–H groups in total. The molecule has 2 aromatic carbocycles. The van der Waals surface area contributed by atoms with Gasteiger partial charge in [0.05, 0.1) is 16.7 Å². The molecule has 0 atom stereocenters. The van der Waals surface area contributed by atoms with E-state index in [-0.39, 0.29) is 46.3 Å². The number of carbonyl (C=O) groups excluding carboxylic acids is 4. The number of aldehydes is 1. The van der Waals surface area contributed by atoms with E-state index in [1.54, 1.807) is 135 Å². The molecule has 0 saturated heterocycles. The molecule has 18 heteroatoms. The first-order chi connectivity index (χ1) is 33.1. The predicted molar refractivity (Wildman–Crippen MR) is 273 cm³/mol. The van der Waals surface area contributed by atoms with Gasteiger partial charge in [-0.25, -0.2) is 15.0 Å². The van der Waals surface area contributed by atoms with Crippen molar-refractivity contribution in [1.82, 2.24) is 35.2 Å². The van der Waals surface area contributed by atoms with Crippen LogP contribution in [0.1, 0.15) is 67.8 Å². The Labute approximate surface area is 406 Å². The van der Waals surface area contributed by atoms with Crippen LogP contribution >= 0.6 is 15.9 Å². The molecule has 6 aromatic heterocycles. The number of nitrogen functional groups attached to an aromatic ring is 3. The lowest BCUT2D eigenvalue weighted by atomic mass is 10.0. The van der Waals surface area contributed by atoms with Crippen LogP contribution in [0.2, 0.25) is 0 Å². The quantitative estimate of drug-likeness (QED) is 0.0597. The summed E-state index contributed by atoms with van der Waals surface area (Å²) in [5, 5.41) is 11.7. The fourth-order valence-corrected chi connectivity index (χ4v) is 6.43. The maximum absolute atomic E-state index is 12.6. The lowest BCUT2D eigenvalue weighted by Gasteiger charge is -2.20. The zero-order valence-corrected chi connectivity index (χ0v) is 39.3. The average Bonchev–Trinajstić information content (AvgIpc) is 3.35. The highest BCUT2D eigenvalue weighted by Gasteiger charge is 2.16. The van der Waals surface area contributed by atoms with E-state index >= 15 is 0 Å². The molecule has 6 heterocycles. The maximum atomic E-state index is 12.6. The summed E-state index contributed by atoms with van der Waals surface area (Å²) in [6.45, 7) is 7.21. The normalized spacial score (nSPS) is 10.6. The van der Waals surface area contributed by atoms with Crippen LogP contribution in [0.4, 0.5) is 34.5 Å². The van der Waals surface area contributed by atoms with Crippen molar-refractivity contribution in [3.8, 4) is 22.3 Å². The zero-order chi connectivity index (χ0) is 49.3. The number of carbonyl (C=O) groups is 4. The highest BCUT2D eigenvalue weighted by molar-refractivity contribution is 9.10. The minimum atomic E-state index is -0.349. The first-order valence-electron chi connectivity index (χ1n) is 21.1. The minimum absolute atomic E-state index is 0.0661. The van der Waals surface area contributed by atoms with Crippen LogP contribution in [-0.2, 0) is 6.54 Å². The number of halogens is 1. The molecule has 0 aliphatic carbocycles. The molecule has 0 bridgehead atoms. The van der Waals surface area contributed by atoms with Gasteiger partial charge in [-0.15, -0.1) is 0 Å². The molecule has 8 aromatic rings. The molecule has 0 saturated carbocycles. The summed E-state index contributed by atoms with van der Waals surface area (Å²) in [6, 6.07) is 30.4. The van der Waals surface area contributed by atoms with Crippen LogP contribution in [0.3, 0.4) is 0 Å². The van der Waals surface area contributed by atoms with Gasteiger partial charge in [-0.2, -0.15) is 0 Å². The fourth-order valence-electron chi connectivity index (χ4n) is 6.10. The van der Waals surface area contributed by atoms with Gasteiger partial charge in [0.2, 0.25) is 0 Å². The number of aromatic nitrogens is 6. The Morgan fingerprint density at radius 1 is 0.522 bits per heavy atom. The van der Waals surface area contributed by atoms with Crippen LogP contribution in [0.25, 0.3) is 22.3 Å². The van der Waals surface area contributed by atoms with Gasteiger partial charge in [0, 0.05) is 106 Å². The number of amides is 3. The van der Waals surface area contributed by atoms with Gasteiger partial charge in [0.25, 0.3) is 17.7 Å². The second-order valence-electron chi connectivity index (χ2n) is 16.0. The number of benzene rings is 2. The zero-order valence-electron chi connectivity index (χ0n) is 37.7. The van der Waals surface area contributed by atoms with E-state index in [1.807, 2.05) is 12.1 Å². The summed E-state index contributed by atoms with van der Waals surface area (Å²) in [4.78, 5) is 71.6. The van der Waals surface area contributed by atoms with Crippen LogP contribution in [0.5, 0.6) is 0 Å². The molecule has 0 aliphatic heterocycles.